The van der Waals surface area contributed by atoms with E-state index in [1.165, 1.54) is 13.5 Å². The van der Waals surface area contributed by atoms with E-state index in [0.29, 0.717) is 17.8 Å². The van der Waals surface area contributed by atoms with Crippen molar-refractivity contribution in [2.24, 2.45) is 5.41 Å². The first kappa shape index (κ1) is 18.0. The molecule has 4 rings (SSSR count). The average molecular weight is 373 g/mol. The number of nitrogens with one attached hydrogen (secondary N) is 1. The largest absolute Gasteiger partial charge is 0.464 e. The summed E-state index contributed by atoms with van der Waals surface area (Å²) in [7, 11) is 1.37. The van der Waals surface area contributed by atoms with Crippen LogP contribution in [0, 0.1) is 5.41 Å². The molecule has 1 aliphatic carbocycles. The maximum absolute atomic E-state index is 12.0. The number of carbonyl (C=O) groups excluding carboxylic acids is 2. The number of esters is 1. The molecular formula is C19H27N5O3. The molecule has 0 unspecified atom stereocenters. The summed E-state index contributed by atoms with van der Waals surface area (Å²) in [5.74, 6) is 0.982. The zero-order valence-corrected chi connectivity index (χ0v) is 16.0. The first-order valence-corrected chi connectivity index (χ1v) is 9.72. The molecule has 1 aromatic heterocycles. The highest BCUT2D eigenvalue weighted by Gasteiger charge is 2.53. The predicted octanol–water partition coefficient (Wildman–Crippen LogP) is 1.68. The van der Waals surface area contributed by atoms with Crippen molar-refractivity contribution in [3.05, 3.63) is 11.8 Å². The number of likely N-dealkylation sites (tertiary alicyclic amines) is 1. The highest BCUT2D eigenvalue weighted by Crippen LogP contribution is 2.49. The summed E-state index contributed by atoms with van der Waals surface area (Å²) in [6, 6.07) is 1.99. The van der Waals surface area contributed by atoms with Crippen LogP contribution in [0.25, 0.3) is 0 Å². The SMILES string of the molecule is COC(=O)c1cc(NC2CC3(C2)CN(C(C)=O)C3)nc(N2CCCCC2)n1. The van der Waals surface area contributed by atoms with Crippen LogP contribution in [-0.2, 0) is 9.53 Å². The molecule has 1 amide bonds. The van der Waals surface area contributed by atoms with Crippen LogP contribution in [0.3, 0.4) is 0 Å². The Balaban J connectivity index is 1.44. The molecule has 1 saturated carbocycles. The monoisotopic (exact) mass is 373 g/mol. The minimum Gasteiger partial charge on any atom is -0.464 e. The minimum atomic E-state index is -0.445. The summed E-state index contributed by atoms with van der Waals surface area (Å²) in [4.78, 5) is 36.5. The lowest BCUT2D eigenvalue weighted by Crippen LogP contribution is -2.65. The molecular weight excluding hydrogens is 346 g/mol. The summed E-state index contributed by atoms with van der Waals surface area (Å²) in [5.41, 5.74) is 0.563. The number of aromatic nitrogens is 2. The van der Waals surface area contributed by atoms with Gasteiger partial charge in [-0.3, -0.25) is 4.79 Å². The summed E-state index contributed by atoms with van der Waals surface area (Å²) in [5, 5.41) is 3.46. The number of amides is 1. The van der Waals surface area contributed by atoms with Crippen molar-refractivity contribution in [2.75, 3.05) is 43.5 Å². The molecule has 3 fully saturated rings. The van der Waals surface area contributed by atoms with Crippen molar-refractivity contribution in [2.45, 2.75) is 45.1 Å². The van der Waals surface area contributed by atoms with Gasteiger partial charge in [0.05, 0.1) is 7.11 Å². The molecule has 2 aliphatic heterocycles. The highest BCUT2D eigenvalue weighted by atomic mass is 16.5. The maximum Gasteiger partial charge on any atom is 0.356 e. The van der Waals surface area contributed by atoms with Crippen LogP contribution in [0.5, 0.6) is 0 Å². The Kier molecular flexibility index (Phi) is 4.65. The maximum atomic E-state index is 12.0. The van der Waals surface area contributed by atoms with Gasteiger partial charge in [0, 0.05) is 50.6 Å². The van der Waals surface area contributed by atoms with Gasteiger partial charge in [-0.25, -0.2) is 9.78 Å². The second-order valence-corrected chi connectivity index (χ2v) is 8.10. The van der Waals surface area contributed by atoms with Crippen LogP contribution in [0.4, 0.5) is 11.8 Å². The third kappa shape index (κ3) is 3.57. The zero-order valence-electron chi connectivity index (χ0n) is 16.0. The molecule has 8 nitrogen and oxygen atoms in total. The molecule has 0 atom stereocenters. The summed E-state index contributed by atoms with van der Waals surface area (Å²) in [6.45, 7) is 5.17. The van der Waals surface area contributed by atoms with Gasteiger partial charge in [0.15, 0.2) is 5.69 Å². The fraction of sp³-hybridized carbons (Fsp3) is 0.684. The predicted molar refractivity (Wildman–Crippen MR) is 101 cm³/mol. The molecule has 3 heterocycles. The molecule has 3 aliphatic rings. The van der Waals surface area contributed by atoms with Gasteiger partial charge in [-0.05, 0) is 32.1 Å². The first-order valence-electron chi connectivity index (χ1n) is 9.72. The lowest BCUT2D eigenvalue weighted by atomic mass is 9.60. The fourth-order valence-corrected chi connectivity index (χ4v) is 4.49. The molecule has 1 spiro atoms. The lowest BCUT2D eigenvalue weighted by Gasteiger charge is -2.59. The van der Waals surface area contributed by atoms with Gasteiger partial charge < -0.3 is 19.9 Å². The Morgan fingerprint density at radius 1 is 1.19 bits per heavy atom. The third-order valence-corrected chi connectivity index (χ3v) is 5.96. The number of rotatable bonds is 4. The van der Waals surface area contributed by atoms with E-state index in [1.807, 2.05) is 4.90 Å². The standard InChI is InChI=1S/C19H27N5O3/c1-13(25)24-11-19(12-24)9-14(10-19)20-16-8-15(17(26)27-2)21-18(22-16)23-6-4-3-5-7-23/h8,14H,3-7,9-12H2,1-2H3,(H,20,21,22). The van der Waals surface area contributed by atoms with Crippen molar-refractivity contribution in [3.63, 3.8) is 0 Å². The quantitative estimate of drug-likeness (QED) is 0.803. The van der Waals surface area contributed by atoms with Gasteiger partial charge in [-0.2, -0.15) is 4.98 Å². The van der Waals surface area contributed by atoms with E-state index in [0.717, 1.165) is 51.9 Å². The van der Waals surface area contributed by atoms with Crippen molar-refractivity contribution < 1.29 is 14.3 Å². The van der Waals surface area contributed by atoms with Crippen molar-refractivity contribution in [3.8, 4) is 0 Å². The minimum absolute atomic E-state index is 0.154. The summed E-state index contributed by atoms with van der Waals surface area (Å²) in [6.07, 6.45) is 5.50. The van der Waals surface area contributed by atoms with E-state index in [1.54, 1.807) is 13.0 Å². The van der Waals surface area contributed by atoms with E-state index >= 15 is 0 Å². The van der Waals surface area contributed by atoms with Crippen LogP contribution in [-0.4, -0.2) is 66.1 Å². The number of anilines is 2. The molecule has 27 heavy (non-hydrogen) atoms. The van der Waals surface area contributed by atoms with E-state index in [-0.39, 0.29) is 17.0 Å². The van der Waals surface area contributed by atoms with Gasteiger partial charge >= 0.3 is 5.97 Å². The Morgan fingerprint density at radius 3 is 2.52 bits per heavy atom. The first-order chi connectivity index (χ1) is 13.0. The second-order valence-electron chi connectivity index (χ2n) is 8.10. The smallest absolute Gasteiger partial charge is 0.356 e. The third-order valence-electron chi connectivity index (χ3n) is 5.96. The lowest BCUT2D eigenvalue weighted by molar-refractivity contribution is -0.147. The Hall–Kier alpha value is -2.38. The Bertz CT molecular complexity index is 733. The number of carbonyl (C=O) groups is 2. The Morgan fingerprint density at radius 2 is 1.89 bits per heavy atom. The van der Waals surface area contributed by atoms with Crippen molar-refractivity contribution in [1.82, 2.24) is 14.9 Å². The van der Waals surface area contributed by atoms with Gasteiger partial charge in [0.25, 0.3) is 0 Å². The van der Waals surface area contributed by atoms with Crippen molar-refractivity contribution >= 4 is 23.6 Å². The van der Waals surface area contributed by atoms with E-state index in [9.17, 15) is 9.59 Å². The summed E-state index contributed by atoms with van der Waals surface area (Å²) < 4.78 is 4.86. The van der Waals surface area contributed by atoms with Crippen molar-refractivity contribution in [1.29, 1.82) is 0 Å². The molecule has 2 saturated heterocycles. The van der Waals surface area contributed by atoms with E-state index < -0.39 is 5.97 Å². The number of methoxy groups -OCH3 is 1. The molecule has 0 radical (unpaired) electrons. The number of hydrogen-bond acceptors (Lipinski definition) is 7. The van der Waals surface area contributed by atoms with E-state index in [4.69, 9.17) is 4.74 Å². The normalized spacial score (nSPS) is 21.4. The van der Waals surface area contributed by atoms with Gasteiger partial charge in [0.1, 0.15) is 5.82 Å². The zero-order chi connectivity index (χ0) is 19.0. The Labute approximate surface area is 159 Å². The van der Waals surface area contributed by atoms with Gasteiger partial charge in [0.2, 0.25) is 11.9 Å². The topological polar surface area (TPSA) is 87.7 Å². The highest BCUT2D eigenvalue weighted by molar-refractivity contribution is 5.88. The number of ether oxygens (including phenoxy) is 1. The van der Waals surface area contributed by atoms with Crippen LogP contribution in [0.2, 0.25) is 0 Å². The van der Waals surface area contributed by atoms with Gasteiger partial charge in [-0.15, -0.1) is 0 Å². The van der Waals surface area contributed by atoms with Crippen LogP contribution in [0.15, 0.2) is 6.07 Å². The number of piperidine rings is 1. The number of hydrogen-bond donors (Lipinski definition) is 1. The van der Waals surface area contributed by atoms with Crippen LogP contribution < -0.4 is 10.2 Å². The molecule has 1 N–H and O–H groups in total. The molecule has 8 heteroatoms. The molecule has 146 valence electrons. The number of nitrogens with zero attached hydrogens (tertiary/aromatic N) is 4. The summed E-state index contributed by atoms with van der Waals surface area (Å²) >= 11 is 0. The average Bonchev–Trinajstić information content (AvgIpc) is 2.62. The fourth-order valence-electron chi connectivity index (χ4n) is 4.49. The van der Waals surface area contributed by atoms with Crippen LogP contribution >= 0.6 is 0 Å². The van der Waals surface area contributed by atoms with Crippen LogP contribution in [0.1, 0.15) is 49.5 Å². The molecule has 0 bridgehead atoms. The van der Waals surface area contributed by atoms with E-state index in [2.05, 4.69) is 20.2 Å². The molecule has 1 aromatic rings. The second kappa shape index (κ2) is 6.98. The molecule has 0 aromatic carbocycles. The van der Waals surface area contributed by atoms with Gasteiger partial charge in [-0.1, -0.05) is 0 Å².